The Balaban J connectivity index is 2.52. The van der Waals surface area contributed by atoms with Crippen LogP contribution in [0.25, 0.3) is 21.7 Å². The van der Waals surface area contributed by atoms with E-state index in [0.717, 1.165) is 21.9 Å². The van der Waals surface area contributed by atoms with Gasteiger partial charge >= 0.3 is 5.63 Å². The Morgan fingerprint density at radius 2 is 2.00 bits per heavy atom. The van der Waals surface area contributed by atoms with Crippen LogP contribution in [0.2, 0.25) is 0 Å². The first-order valence-electron chi connectivity index (χ1n) is 7.74. The van der Waals surface area contributed by atoms with Crippen LogP contribution < -0.4 is 10.4 Å². The minimum atomic E-state index is -0.375. The Hall–Kier alpha value is -2.33. The molecule has 1 heterocycles. The summed E-state index contributed by atoms with van der Waals surface area (Å²) in [5.74, 6) is 0.931. The van der Waals surface area contributed by atoms with Crippen molar-refractivity contribution in [1.29, 1.82) is 0 Å². The summed E-state index contributed by atoms with van der Waals surface area (Å²) >= 11 is 0. The van der Waals surface area contributed by atoms with E-state index in [-0.39, 0.29) is 18.2 Å². The summed E-state index contributed by atoms with van der Waals surface area (Å²) < 4.78 is 10.9. The number of ether oxygens (including phenoxy) is 1. The Labute approximate surface area is 134 Å². The van der Waals surface area contributed by atoms with Gasteiger partial charge in [-0.3, -0.25) is 0 Å². The van der Waals surface area contributed by atoms with Crippen molar-refractivity contribution < 1.29 is 14.3 Å². The molecule has 0 aliphatic rings. The van der Waals surface area contributed by atoms with Gasteiger partial charge in [-0.05, 0) is 29.5 Å². The van der Waals surface area contributed by atoms with Gasteiger partial charge in [-0.1, -0.05) is 32.0 Å². The summed E-state index contributed by atoms with van der Waals surface area (Å²) in [6.45, 7) is 4.20. The molecule has 0 aliphatic heterocycles. The van der Waals surface area contributed by atoms with Crippen LogP contribution in [0.1, 0.15) is 30.9 Å². The molecule has 0 fully saturated rings. The van der Waals surface area contributed by atoms with Crippen LogP contribution in [0.15, 0.2) is 39.5 Å². The van der Waals surface area contributed by atoms with Crippen molar-refractivity contribution >= 4 is 21.7 Å². The fourth-order valence-electron chi connectivity index (χ4n) is 3.08. The van der Waals surface area contributed by atoms with Gasteiger partial charge < -0.3 is 14.3 Å². The number of aliphatic hydroxyl groups is 1. The third kappa shape index (κ3) is 2.59. The van der Waals surface area contributed by atoms with Crippen LogP contribution in [0.3, 0.4) is 0 Å². The van der Waals surface area contributed by atoms with Crippen LogP contribution in [0.4, 0.5) is 0 Å². The smallest absolute Gasteiger partial charge is 0.344 e. The first-order valence-corrected chi connectivity index (χ1v) is 7.74. The van der Waals surface area contributed by atoms with Gasteiger partial charge in [-0.15, -0.1) is 0 Å². The van der Waals surface area contributed by atoms with Gasteiger partial charge in [0.2, 0.25) is 0 Å². The summed E-state index contributed by atoms with van der Waals surface area (Å²) in [6.07, 6.45) is 0.431. The SMILES string of the molecule is COc1cc(C(C)C)c2c(c1)oc(=O)c1c(CCO)cccc12. The van der Waals surface area contributed by atoms with Crippen LogP contribution >= 0.6 is 0 Å². The maximum atomic E-state index is 12.5. The maximum absolute atomic E-state index is 12.5. The molecule has 3 aromatic rings. The normalized spacial score (nSPS) is 11.5. The average molecular weight is 312 g/mol. The van der Waals surface area contributed by atoms with Gasteiger partial charge in [-0.25, -0.2) is 4.79 Å². The summed E-state index contributed by atoms with van der Waals surface area (Å²) in [7, 11) is 1.60. The zero-order valence-electron chi connectivity index (χ0n) is 13.6. The highest BCUT2D eigenvalue weighted by molar-refractivity contribution is 6.07. The lowest BCUT2D eigenvalue weighted by Crippen LogP contribution is -2.06. The predicted octanol–water partition coefficient (Wildman–Crippen LogP) is 3.61. The number of hydrogen-bond acceptors (Lipinski definition) is 4. The zero-order chi connectivity index (χ0) is 16.6. The molecule has 1 aromatic heterocycles. The van der Waals surface area contributed by atoms with Crippen molar-refractivity contribution in [3.8, 4) is 5.75 Å². The third-order valence-electron chi connectivity index (χ3n) is 4.17. The zero-order valence-corrected chi connectivity index (χ0v) is 13.6. The molecule has 0 saturated heterocycles. The van der Waals surface area contributed by atoms with E-state index in [0.29, 0.717) is 23.1 Å². The van der Waals surface area contributed by atoms with E-state index in [4.69, 9.17) is 9.15 Å². The van der Waals surface area contributed by atoms with E-state index < -0.39 is 0 Å². The first-order chi connectivity index (χ1) is 11.1. The summed E-state index contributed by atoms with van der Waals surface area (Å²) in [6, 6.07) is 9.46. The Bertz CT molecular complexity index is 922. The maximum Gasteiger partial charge on any atom is 0.344 e. The fraction of sp³-hybridized carbons (Fsp3) is 0.316. The van der Waals surface area contributed by atoms with E-state index in [1.807, 2.05) is 24.3 Å². The van der Waals surface area contributed by atoms with E-state index in [1.165, 1.54) is 0 Å². The molecule has 23 heavy (non-hydrogen) atoms. The fourth-order valence-corrected chi connectivity index (χ4v) is 3.08. The largest absolute Gasteiger partial charge is 0.497 e. The van der Waals surface area contributed by atoms with Gasteiger partial charge in [0.15, 0.2) is 0 Å². The lowest BCUT2D eigenvalue weighted by molar-refractivity contribution is 0.300. The minimum absolute atomic E-state index is 0.00373. The number of aliphatic hydroxyl groups excluding tert-OH is 1. The van der Waals surface area contributed by atoms with Crippen LogP contribution in [-0.2, 0) is 6.42 Å². The summed E-state index contributed by atoms with van der Waals surface area (Å²) in [4.78, 5) is 12.5. The molecule has 0 saturated carbocycles. The highest BCUT2D eigenvalue weighted by Gasteiger charge is 2.17. The lowest BCUT2D eigenvalue weighted by Gasteiger charge is -2.14. The number of rotatable bonds is 4. The van der Waals surface area contributed by atoms with Crippen molar-refractivity contribution in [1.82, 2.24) is 0 Å². The molecule has 0 bridgehead atoms. The average Bonchev–Trinajstić information content (AvgIpc) is 2.53. The van der Waals surface area contributed by atoms with Gasteiger partial charge in [0.05, 0.1) is 12.5 Å². The number of hydrogen-bond donors (Lipinski definition) is 1. The molecule has 0 amide bonds. The van der Waals surface area contributed by atoms with Gasteiger partial charge in [-0.2, -0.15) is 0 Å². The molecule has 3 rings (SSSR count). The molecule has 120 valence electrons. The van der Waals surface area contributed by atoms with Crippen LogP contribution in [0.5, 0.6) is 5.75 Å². The van der Waals surface area contributed by atoms with Crippen molar-refractivity contribution in [2.45, 2.75) is 26.2 Å². The molecule has 4 nitrogen and oxygen atoms in total. The van der Waals surface area contributed by atoms with Crippen LogP contribution in [-0.4, -0.2) is 18.8 Å². The Kier molecular flexibility index (Phi) is 4.09. The summed E-state index contributed by atoms with van der Waals surface area (Å²) in [5.41, 5.74) is 2.05. The van der Waals surface area contributed by atoms with Crippen LogP contribution in [0, 0.1) is 0 Å². The van der Waals surface area contributed by atoms with Gasteiger partial charge in [0.25, 0.3) is 0 Å². The number of fused-ring (bicyclic) bond motifs is 3. The third-order valence-corrected chi connectivity index (χ3v) is 4.17. The summed E-state index contributed by atoms with van der Waals surface area (Å²) in [5, 5.41) is 11.6. The molecule has 0 spiro atoms. The number of benzene rings is 2. The van der Waals surface area contributed by atoms with E-state index in [2.05, 4.69) is 13.8 Å². The highest BCUT2D eigenvalue weighted by atomic mass is 16.5. The van der Waals surface area contributed by atoms with Crippen molar-refractivity contribution in [2.24, 2.45) is 0 Å². The molecular weight excluding hydrogens is 292 g/mol. The van der Waals surface area contributed by atoms with Crippen molar-refractivity contribution in [3.05, 3.63) is 51.9 Å². The van der Waals surface area contributed by atoms with Gasteiger partial charge in [0.1, 0.15) is 11.3 Å². The van der Waals surface area contributed by atoms with Crippen molar-refractivity contribution in [2.75, 3.05) is 13.7 Å². The quantitative estimate of drug-likeness (QED) is 0.590. The molecule has 0 radical (unpaired) electrons. The lowest BCUT2D eigenvalue weighted by atomic mass is 9.93. The van der Waals surface area contributed by atoms with Crippen molar-refractivity contribution in [3.63, 3.8) is 0 Å². The minimum Gasteiger partial charge on any atom is -0.497 e. The van der Waals surface area contributed by atoms with E-state index in [9.17, 15) is 9.90 Å². The molecule has 4 heteroatoms. The molecule has 0 aliphatic carbocycles. The molecule has 2 aromatic carbocycles. The first kappa shape index (κ1) is 15.6. The standard InChI is InChI=1S/C19H20O4/c1-11(2)15-9-13(22-3)10-16-18(15)14-6-4-5-12(7-8-20)17(14)19(21)23-16/h4-6,9-11,20H,7-8H2,1-3H3. The molecule has 1 N–H and O–H groups in total. The molecular formula is C19H20O4. The molecule has 0 atom stereocenters. The topological polar surface area (TPSA) is 59.7 Å². The Morgan fingerprint density at radius 1 is 1.22 bits per heavy atom. The second-order valence-corrected chi connectivity index (χ2v) is 5.95. The monoisotopic (exact) mass is 312 g/mol. The highest BCUT2D eigenvalue weighted by Crippen LogP contribution is 2.35. The predicted molar refractivity (Wildman–Crippen MR) is 91.4 cm³/mol. The van der Waals surface area contributed by atoms with E-state index in [1.54, 1.807) is 13.2 Å². The van der Waals surface area contributed by atoms with Gasteiger partial charge in [0, 0.05) is 23.4 Å². The second kappa shape index (κ2) is 6.05. The second-order valence-electron chi connectivity index (χ2n) is 5.95. The Morgan fingerprint density at radius 3 is 2.65 bits per heavy atom. The number of methoxy groups -OCH3 is 1. The van der Waals surface area contributed by atoms with E-state index >= 15 is 0 Å². The molecule has 0 unspecified atom stereocenters.